The molecule has 0 saturated carbocycles. The predicted octanol–water partition coefficient (Wildman–Crippen LogP) is 1.00. The van der Waals surface area contributed by atoms with Gasteiger partial charge in [0.25, 0.3) is 0 Å². The van der Waals surface area contributed by atoms with Crippen molar-refractivity contribution in [3.8, 4) is 0 Å². The van der Waals surface area contributed by atoms with Gasteiger partial charge in [0, 0.05) is 63.0 Å². The molecule has 4 rings (SSSR count). The van der Waals surface area contributed by atoms with Crippen molar-refractivity contribution in [3.63, 3.8) is 0 Å². The molecule has 0 bridgehead atoms. The number of piperidine rings is 1. The fraction of sp³-hybridized carbons (Fsp3) is 0.556. The number of aromatic nitrogens is 2. The van der Waals surface area contributed by atoms with Gasteiger partial charge in [-0.15, -0.1) is 0 Å². The molecule has 1 aromatic carbocycles. The van der Waals surface area contributed by atoms with Gasteiger partial charge in [-0.3, -0.25) is 4.90 Å². The fourth-order valence-corrected chi connectivity index (χ4v) is 3.82. The third kappa shape index (κ3) is 3.73. The van der Waals surface area contributed by atoms with Crippen molar-refractivity contribution in [2.75, 3.05) is 44.2 Å². The average molecular weight is 345 g/mol. The van der Waals surface area contributed by atoms with Gasteiger partial charge in [0.2, 0.25) is 5.95 Å². The Kier molecular flexibility index (Phi) is 4.78. The Labute approximate surface area is 146 Å². The standard InChI is InChI=1S/C18H24FN5O/c19-14-2-1-13-10-21-18(22-17(13)9-14)23-6-3-15(4-7-23)24-8-5-20-11-16(25)12-24/h1-2,9-10,15-16,20,25H,3-8,11-12H2/t16-/m0/s1. The van der Waals surface area contributed by atoms with Crippen LogP contribution in [0.5, 0.6) is 0 Å². The molecule has 0 radical (unpaired) electrons. The second kappa shape index (κ2) is 7.19. The third-order valence-corrected chi connectivity index (χ3v) is 5.20. The van der Waals surface area contributed by atoms with E-state index in [0.717, 1.165) is 51.0 Å². The molecule has 0 aliphatic carbocycles. The summed E-state index contributed by atoms with van der Waals surface area (Å²) in [7, 11) is 0. The second-order valence-electron chi connectivity index (χ2n) is 6.94. The molecule has 2 aromatic rings. The van der Waals surface area contributed by atoms with Crippen LogP contribution in [0.15, 0.2) is 24.4 Å². The Morgan fingerprint density at radius 3 is 2.88 bits per heavy atom. The van der Waals surface area contributed by atoms with E-state index in [0.29, 0.717) is 24.1 Å². The molecular formula is C18H24FN5O. The number of halogens is 1. The summed E-state index contributed by atoms with van der Waals surface area (Å²) in [4.78, 5) is 13.6. The molecule has 7 heteroatoms. The van der Waals surface area contributed by atoms with Crippen LogP contribution in [-0.4, -0.2) is 71.4 Å². The normalized spacial score (nSPS) is 23.8. The number of hydrogen-bond donors (Lipinski definition) is 2. The molecule has 2 aliphatic heterocycles. The number of rotatable bonds is 2. The molecule has 2 aliphatic rings. The number of benzene rings is 1. The third-order valence-electron chi connectivity index (χ3n) is 5.20. The minimum Gasteiger partial charge on any atom is -0.390 e. The number of nitrogens with zero attached hydrogens (tertiary/aromatic N) is 4. The maximum atomic E-state index is 13.4. The van der Waals surface area contributed by atoms with Gasteiger partial charge in [-0.2, -0.15) is 0 Å². The van der Waals surface area contributed by atoms with Crippen LogP contribution < -0.4 is 10.2 Å². The zero-order valence-corrected chi connectivity index (χ0v) is 14.2. The number of aliphatic hydroxyl groups excluding tert-OH is 1. The monoisotopic (exact) mass is 345 g/mol. The molecule has 134 valence electrons. The van der Waals surface area contributed by atoms with Gasteiger partial charge in [-0.25, -0.2) is 14.4 Å². The van der Waals surface area contributed by atoms with E-state index in [-0.39, 0.29) is 11.9 Å². The molecule has 1 aromatic heterocycles. The molecule has 0 spiro atoms. The fourth-order valence-electron chi connectivity index (χ4n) is 3.82. The summed E-state index contributed by atoms with van der Waals surface area (Å²) in [5.41, 5.74) is 0.647. The summed E-state index contributed by atoms with van der Waals surface area (Å²) in [5, 5.41) is 14.1. The second-order valence-corrected chi connectivity index (χ2v) is 6.94. The molecule has 2 saturated heterocycles. The highest BCUT2D eigenvalue weighted by Crippen LogP contribution is 2.22. The molecule has 25 heavy (non-hydrogen) atoms. The van der Waals surface area contributed by atoms with E-state index < -0.39 is 0 Å². The molecule has 3 heterocycles. The van der Waals surface area contributed by atoms with Crippen molar-refractivity contribution < 1.29 is 9.50 Å². The minimum absolute atomic E-state index is 0.274. The first kappa shape index (κ1) is 16.6. The highest BCUT2D eigenvalue weighted by molar-refractivity contribution is 5.78. The van der Waals surface area contributed by atoms with Crippen LogP contribution in [0.3, 0.4) is 0 Å². The summed E-state index contributed by atoms with van der Waals surface area (Å²) in [5.74, 6) is 0.401. The number of anilines is 1. The van der Waals surface area contributed by atoms with Gasteiger partial charge in [0.1, 0.15) is 5.82 Å². The first-order chi connectivity index (χ1) is 12.2. The van der Waals surface area contributed by atoms with Crippen molar-refractivity contribution >= 4 is 16.9 Å². The van der Waals surface area contributed by atoms with Gasteiger partial charge in [-0.1, -0.05) is 0 Å². The molecule has 2 N–H and O–H groups in total. The highest BCUT2D eigenvalue weighted by Gasteiger charge is 2.28. The zero-order chi connectivity index (χ0) is 17.2. The van der Waals surface area contributed by atoms with Gasteiger partial charge >= 0.3 is 0 Å². The maximum absolute atomic E-state index is 13.4. The summed E-state index contributed by atoms with van der Waals surface area (Å²) in [6, 6.07) is 5.09. The van der Waals surface area contributed by atoms with Crippen molar-refractivity contribution in [1.29, 1.82) is 0 Å². The Morgan fingerprint density at radius 1 is 1.20 bits per heavy atom. The van der Waals surface area contributed by atoms with Gasteiger partial charge in [0.15, 0.2) is 0 Å². The van der Waals surface area contributed by atoms with E-state index in [1.54, 1.807) is 12.3 Å². The van der Waals surface area contributed by atoms with Crippen molar-refractivity contribution in [1.82, 2.24) is 20.2 Å². The molecular weight excluding hydrogens is 321 g/mol. The topological polar surface area (TPSA) is 64.5 Å². The number of fused-ring (bicyclic) bond motifs is 1. The summed E-state index contributed by atoms with van der Waals surface area (Å²) in [6.07, 6.45) is 3.52. The van der Waals surface area contributed by atoms with Crippen LogP contribution >= 0.6 is 0 Å². The Morgan fingerprint density at radius 2 is 2.04 bits per heavy atom. The highest BCUT2D eigenvalue weighted by atomic mass is 19.1. The van der Waals surface area contributed by atoms with Crippen LogP contribution in [-0.2, 0) is 0 Å². The lowest BCUT2D eigenvalue weighted by atomic mass is 10.0. The lowest BCUT2D eigenvalue weighted by Gasteiger charge is -2.38. The van der Waals surface area contributed by atoms with Crippen LogP contribution in [0.4, 0.5) is 10.3 Å². The average Bonchev–Trinajstić information content (AvgIpc) is 2.86. The summed E-state index contributed by atoms with van der Waals surface area (Å²) in [6.45, 7) is 5.08. The van der Waals surface area contributed by atoms with Crippen LogP contribution in [0.2, 0.25) is 0 Å². The first-order valence-electron chi connectivity index (χ1n) is 8.99. The zero-order valence-electron chi connectivity index (χ0n) is 14.2. The van der Waals surface area contributed by atoms with Crippen molar-refractivity contribution in [3.05, 3.63) is 30.2 Å². The SMILES string of the molecule is O[C@H]1CNCCN(C2CCN(c3ncc4ccc(F)cc4n3)CC2)C1. The van der Waals surface area contributed by atoms with E-state index in [9.17, 15) is 9.50 Å². The van der Waals surface area contributed by atoms with Crippen molar-refractivity contribution in [2.24, 2.45) is 0 Å². The number of nitrogens with one attached hydrogen (secondary N) is 1. The van der Waals surface area contributed by atoms with Crippen LogP contribution in [0.25, 0.3) is 10.9 Å². The lowest BCUT2D eigenvalue weighted by molar-refractivity contribution is 0.0960. The summed E-state index contributed by atoms with van der Waals surface area (Å²) < 4.78 is 13.4. The van der Waals surface area contributed by atoms with Crippen LogP contribution in [0, 0.1) is 5.82 Å². The molecule has 2 fully saturated rings. The number of hydrogen-bond acceptors (Lipinski definition) is 6. The van der Waals surface area contributed by atoms with E-state index >= 15 is 0 Å². The van der Waals surface area contributed by atoms with E-state index in [1.807, 2.05) is 0 Å². The smallest absolute Gasteiger partial charge is 0.225 e. The largest absolute Gasteiger partial charge is 0.390 e. The van der Waals surface area contributed by atoms with E-state index in [4.69, 9.17) is 0 Å². The summed E-state index contributed by atoms with van der Waals surface area (Å²) >= 11 is 0. The van der Waals surface area contributed by atoms with Crippen molar-refractivity contribution in [2.45, 2.75) is 25.0 Å². The van der Waals surface area contributed by atoms with Crippen LogP contribution in [0.1, 0.15) is 12.8 Å². The Balaban J connectivity index is 1.43. The molecule has 0 unspecified atom stereocenters. The van der Waals surface area contributed by atoms with Gasteiger partial charge in [0.05, 0.1) is 11.6 Å². The predicted molar refractivity (Wildman–Crippen MR) is 95.2 cm³/mol. The van der Waals surface area contributed by atoms with E-state index in [2.05, 4.69) is 25.1 Å². The van der Waals surface area contributed by atoms with E-state index in [1.165, 1.54) is 12.1 Å². The van der Waals surface area contributed by atoms with Gasteiger partial charge in [-0.05, 0) is 25.0 Å². The Hall–Kier alpha value is -1.83. The Bertz CT molecular complexity index is 734. The quantitative estimate of drug-likeness (QED) is 0.847. The van der Waals surface area contributed by atoms with Gasteiger partial charge < -0.3 is 15.3 Å². The lowest BCUT2D eigenvalue weighted by Crippen LogP contribution is -2.47. The number of β-amino-alcohol motifs (C(OH)–C–C–N with tert-alkyl or cyclic N) is 1. The molecule has 1 atom stereocenters. The maximum Gasteiger partial charge on any atom is 0.225 e. The molecule has 6 nitrogen and oxygen atoms in total. The minimum atomic E-state index is -0.292. The first-order valence-corrected chi connectivity index (χ1v) is 8.99. The molecule has 0 amide bonds. The number of aliphatic hydroxyl groups is 1.